The number of isocyanates is 2. The van der Waals surface area contributed by atoms with Gasteiger partial charge in [0.05, 0.1) is 38.0 Å². The summed E-state index contributed by atoms with van der Waals surface area (Å²) in [4.78, 5) is 28.1. The summed E-state index contributed by atoms with van der Waals surface area (Å²) in [7, 11) is 0. The van der Waals surface area contributed by atoms with Crippen molar-refractivity contribution in [2.45, 2.75) is 95.7 Å². The highest BCUT2D eigenvalue weighted by Crippen LogP contribution is 2.36. The van der Waals surface area contributed by atoms with Gasteiger partial charge in [0, 0.05) is 13.2 Å². The van der Waals surface area contributed by atoms with Crippen LogP contribution in [0.3, 0.4) is 0 Å². The van der Waals surface area contributed by atoms with Crippen LogP contribution in [-0.4, -0.2) is 73.6 Å². The first-order valence-electron chi connectivity index (χ1n) is 12.2. The molecule has 4 rings (SSSR count). The highest BCUT2D eigenvalue weighted by Gasteiger charge is 2.26. The summed E-state index contributed by atoms with van der Waals surface area (Å²) in [6, 6.07) is 0.456. The number of aliphatic imine (C=N–C) groups is 2. The summed E-state index contributed by atoms with van der Waals surface area (Å²) in [5.41, 5.74) is 0. The zero-order valence-corrected chi connectivity index (χ0v) is 19.6. The van der Waals surface area contributed by atoms with Crippen LogP contribution in [0.4, 0.5) is 0 Å². The third kappa shape index (κ3) is 17.2. The van der Waals surface area contributed by atoms with Gasteiger partial charge in [-0.3, -0.25) is 0 Å². The molecule has 2 aliphatic carbocycles. The van der Waals surface area contributed by atoms with Gasteiger partial charge < -0.3 is 19.7 Å². The lowest BCUT2D eigenvalue weighted by atomic mass is 9.76. The van der Waals surface area contributed by atoms with E-state index in [1.165, 1.54) is 32.1 Å². The van der Waals surface area contributed by atoms with Crippen LogP contribution < -0.4 is 0 Å². The quantitative estimate of drug-likeness (QED) is 0.263. The van der Waals surface area contributed by atoms with Crippen molar-refractivity contribution in [3.63, 3.8) is 0 Å². The fraction of sp³-hybridized carbons (Fsp3) is 0.917. The monoisotopic (exact) mass is 454 g/mol. The van der Waals surface area contributed by atoms with E-state index < -0.39 is 0 Å². The highest BCUT2D eigenvalue weighted by molar-refractivity contribution is 5.33. The molecule has 0 amide bonds. The molecule has 0 aromatic rings. The molecule has 0 aromatic heterocycles. The lowest BCUT2D eigenvalue weighted by Gasteiger charge is -2.31. The maximum atomic E-state index is 10.2. The molecular formula is C24H42N2O6. The van der Waals surface area contributed by atoms with Crippen molar-refractivity contribution in [1.29, 1.82) is 0 Å². The highest BCUT2D eigenvalue weighted by atomic mass is 16.6. The minimum absolute atomic E-state index is 0.195. The first kappa shape index (κ1) is 28.6. The number of unbranched alkanes of at least 4 members (excludes halogenated alkanes) is 1. The molecule has 0 bridgehead atoms. The molecule has 8 heteroatoms. The van der Waals surface area contributed by atoms with E-state index in [4.69, 9.17) is 14.9 Å². The fourth-order valence-electron chi connectivity index (χ4n) is 3.96. The van der Waals surface area contributed by atoms with Gasteiger partial charge in [-0.2, -0.15) is 0 Å². The van der Waals surface area contributed by atoms with Crippen molar-refractivity contribution in [3.8, 4) is 0 Å². The van der Waals surface area contributed by atoms with E-state index in [0.717, 1.165) is 70.2 Å². The molecule has 2 aliphatic heterocycles. The second-order valence-electron chi connectivity index (χ2n) is 8.94. The van der Waals surface area contributed by atoms with E-state index in [2.05, 4.69) is 21.6 Å². The van der Waals surface area contributed by atoms with Gasteiger partial charge in [0.2, 0.25) is 12.2 Å². The SMILES string of the molecule is C1CO1.CC1CO1.O=C=NC1CCC(CC2CCC(N=C=O)CC2)CC1.OCCCCO. The van der Waals surface area contributed by atoms with Crippen molar-refractivity contribution in [2.24, 2.45) is 21.8 Å². The van der Waals surface area contributed by atoms with Crippen LogP contribution in [0.5, 0.6) is 0 Å². The van der Waals surface area contributed by atoms with Crippen molar-refractivity contribution >= 4 is 12.2 Å². The third-order valence-corrected chi connectivity index (χ3v) is 6.04. The van der Waals surface area contributed by atoms with Crippen LogP contribution in [0.1, 0.15) is 77.6 Å². The molecule has 0 radical (unpaired) electrons. The van der Waals surface area contributed by atoms with Crippen molar-refractivity contribution in [1.82, 2.24) is 0 Å². The number of carbonyl (C=O) groups excluding carboxylic acids is 2. The second-order valence-corrected chi connectivity index (χ2v) is 8.94. The van der Waals surface area contributed by atoms with E-state index in [0.29, 0.717) is 6.10 Å². The molecule has 1 unspecified atom stereocenters. The molecule has 2 saturated heterocycles. The van der Waals surface area contributed by atoms with E-state index in [-0.39, 0.29) is 25.3 Å². The average molecular weight is 455 g/mol. The Balaban J connectivity index is 0.000000316. The van der Waals surface area contributed by atoms with Crippen LogP contribution in [0, 0.1) is 11.8 Å². The van der Waals surface area contributed by atoms with Gasteiger partial charge in [0.15, 0.2) is 0 Å². The minimum Gasteiger partial charge on any atom is -0.396 e. The molecule has 0 aromatic carbocycles. The number of hydrogen-bond donors (Lipinski definition) is 2. The van der Waals surface area contributed by atoms with E-state index in [9.17, 15) is 9.59 Å². The Hall–Kier alpha value is -1.40. The Morgan fingerprint density at radius 3 is 1.34 bits per heavy atom. The summed E-state index contributed by atoms with van der Waals surface area (Å²) in [6.07, 6.45) is 15.7. The maximum Gasteiger partial charge on any atom is 0.235 e. The molecule has 4 aliphatic rings. The van der Waals surface area contributed by atoms with E-state index >= 15 is 0 Å². The second kappa shape index (κ2) is 19.1. The molecule has 1 atom stereocenters. The fourth-order valence-corrected chi connectivity index (χ4v) is 3.96. The molecule has 4 fully saturated rings. The number of aliphatic hydroxyl groups is 2. The molecule has 2 saturated carbocycles. The van der Waals surface area contributed by atoms with E-state index in [1.54, 1.807) is 12.2 Å². The van der Waals surface area contributed by atoms with Crippen molar-refractivity contribution in [3.05, 3.63) is 0 Å². The molecular weight excluding hydrogens is 412 g/mol. The van der Waals surface area contributed by atoms with Crippen LogP contribution >= 0.6 is 0 Å². The third-order valence-electron chi connectivity index (χ3n) is 6.04. The Morgan fingerprint density at radius 2 is 1.12 bits per heavy atom. The number of aliphatic hydroxyl groups excluding tert-OH is 2. The maximum absolute atomic E-state index is 10.2. The molecule has 0 spiro atoms. The lowest BCUT2D eigenvalue weighted by molar-refractivity contribution is 0.226. The van der Waals surface area contributed by atoms with Gasteiger partial charge in [0.1, 0.15) is 0 Å². The van der Waals surface area contributed by atoms with Gasteiger partial charge >= 0.3 is 0 Å². The largest absolute Gasteiger partial charge is 0.396 e. The molecule has 2 N–H and O–H groups in total. The smallest absolute Gasteiger partial charge is 0.235 e. The summed E-state index contributed by atoms with van der Waals surface area (Å²) >= 11 is 0. The molecule has 8 nitrogen and oxygen atoms in total. The first-order valence-corrected chi connectivity index (χ1v) is 12.2. The predicted octanol–water partition coefficient (Wildman–Crippen LogP) is 3.34. The molecule has 184 valence electrons. The van der Waals surface area contributed by atoms with Gasteiger partial charge in [0.25, 0.3) is 0 Å². The number of ether oxygens (including phenoxy) is 2. The van der Waals surface area contributed by atoms with Crippen molar-refractivity contribution in [2.75, 3.05) is 33.0 Å². The number of epoxide rings is 2. The van der Waals surface area contributed by atoms with Gasteiger partial charge in [-0.15, -0.1) is 0 Å². The van der Waals surface area contributed by atoms with Crippen molar-refractivity contribution < 1.29 is 29.3 Å². The standard InChI is InChI=1S/C15H22N2O2.C4H10O2.C3H6O.C2H4O/c18-10-16-14-5-1-12(2-6-14)9-13-3-7-15(8-4-13)17-11-19;5-3-1-2-4-6;1-3-2-4-3;1-2-3-1/h12-15H,1-9H2;5-6H,1-4H2;3H,2H2,1H3;1-2H2. The lowest BCUT2D eigenvalue weighted by Crippen LogP contribution is -2.23. The van der Waals surface area contributed by atoms with Gasteiger partial charge in [-0.25, -0.2) is 19.6 Å². The average Bonchev–Trinajstić information content (AvgIpc) is 3.72. The van der Waals surface area contributed by atoms with Crippen LogP contribution in [-0.2, 0) is 19.1 Å². The van der Waals surface area contributed by atoms with Crippen LogP contribution in [0.15, 0.2) is 9.98 Å². The number of hydrogen-bond acceptors (Lipinski definition) is 8. The number of nitrogens with zero attached hydrogens (tertiary/aromatic N) is 2. The number of rotatable bonds is 7. The predicted molar refractivity (Wildman–Crippen MR) is 122 cm³/mol. The summed E-state index contributed by atoms with van der Waals surface area (Å²) in [5, 5.41) is 16.2. The normalized spacial score (nSPS) is 29.7. The van der Waals surface area contributed by atoms with Gasteiger partial charge in [-0.05, 0) is 89.4 Å². The summed E-state index contributed by atoms with van der Waals surface area (Å²) in [6.45, 7) is 5.43. The Kier molecular flexibility index (Phi) is 17.1. The zero-order valence-electron chi connectivity index (χ0n) is 19.6. The Labute approximate surface area is 192 Å². The van der Waals surface area contributed by atoms with Gasteiger partial charge in [-0.1, -0.05) is 0 Å². The topological polar surface area (TPSA) is 124 Å². The Morgan fingerprint density at radius 1 is 0.781 bits per heavy atom. The minimum atomic E-state index is 0.195. The summed E-state index contributed by atoms with van der Waals surface area (Å²) < 4.78 is 9.21. The zero-order chi connectivity index (χ0) is 23.4. The Bertz CT molecular complexity index is 498. The van der Waals surface area contributed by atoms with E-state index in [1.807, 2.05) is 0 Å². The molecule has 2 heterocycles. The van der Waals surface area contributed by atoms with Crippen LogP contribution in [0.25, 0.3) is 0 Å². The molecule has 32 heavy (non-hydrogen) atoms. The van der Waals surface area contributed by atoms with Crippen LogP contribution in [0.2, 0.25) is 0 Å². The first-order chi connectivity index (χ1) is 15.6. The summed E-state index contributed by atoms with van der Waals surface area (Å²) in [5.74, 6) is 1.60.